The Kier molecular flexibility index (Phi) is 6.50. The quantitative estimate of drug-likeness (QED) is 0.231. The summed E-state index contributed by atoms with van der Waals surface area (Å²) in [7, 11) is 0. The van der Waals surface area contributed by atoms with Crippen LogP contribution in [0.5, 0.6) is 5.75 Å². The first kappa shape index (κ1) is 20.2. The van der Waals surface area contributed by atoms with Crippen LogP contribution in [0.2, 0.25) is 0 Å². The second kappa shape index (κ2) is 9.63. The number of aromatic nitrogens is 3. The number of rotatable bonds is 9. The molecule has 30 heavy (non-hydrogen) atoms. The molecule has 0 atom stereocenters. The summed E-state index contributed by atoms with van der Waals surface area (Å²) in [5.74, 6) is 1.75. The fraction of sp³-hybridized carbons (Fsp3) is 0.200. The van der Waals surface area contributed by atoms with Crippen molar-refractivity contribution < 1.29 is 4.74 Å². The molecule has 0 radical (unpaired) electrons. The number of hydrogen-bond acceptors (Lipinski definition) is 4. The van der Waals surface area contributed by atoms with Gasteiger partial charge in [0.05, 0.1) is 17.8 Å². The van der Waals surface area contributed by atoms with E-state index in [2.05, 4.69) is 61.0 Å². The summed E-state index contributed by atoms with van der Waals surface area (Å²) < 4.78 is 7.66. The number of fused-ring (bicyclic) bond motifs is 1. The van der Waals surface area contributed by atoms with Gasteiger partial charge in [-0.25, -0.2) is 9.50 Å². The van der Waals surface area contributed by atoms with E-state index in [0.29, 0.717) is 0 Å². The molecule has 5 heteroatoms. The van der Waals surface area contributed by atoms with Crippen molar-refractivity contribution in [1.29, 1.82) is 0 Å². The van der Waals surface area contributed by atoms with E-state index in [1.54, 1.807) is 18.0 Å². The second-order valence-electron chi connectivity index (χ2n) is 7.05. The number of benzene rings is 2. The lowest BCUT2D eigenvalue weighted by molar-refractivity contribution is 0.309. The molecule has 0 saturated heterocycles. The van der Waals surface area contributed by atoms with E-state index < -0.39 is 0 Å². The zero-order valence-electron chi connectivity index (χ0n) is 17.1. The van der Waals surface area contributed by atoms with Crippen LogP contribution in [0, 0.1) is 0 Å². The van der Waals surface area contributed by atoms with E-state index in [1.807, 2.05) is 28.9 Å². The third-order valence-electron chi connectivity index (χ3n) is 4.86. The van der Waals surface area contributed by atoms with Crippen LogP contribution in [0.25, 0.3) is 22.9 Å². The summed E-state index contributed by atoms with van der Waals surface area (Å²) in [5, 5.41) is 5.71. The number of hydrogen-bond donors (Lipinski definition) is 0. The summed E-state index contributed by atoms with van der Waals surface area (Å²) >= 11 is 1.72. The van der Waals surface area contributed by atoms with Crippen LogP contribution in [-0.2, 0) is 5.75 Å². The maximum Gasteiger partial charge on any atom is 0.122 e. The Morgan fingerprint density at radius 3 is 2.63 bits per heavy atom. The number of thioether (sulfide) groups is 1. The smallest absolute Gasteiger partial charge is 0.122 e. The van der Waals surface area contributed by atoms with E-state index in [9.17, 15) is 0 Å². The lowest BCUT2D eigenvalue weighted by atomic mass is 10.1. The van der Waals surface area contributed by atoms with E-state index in [4.69, 9.17) is 9.84 Å². The highest BCUT2D eigenvalue weighted by Crippen LogP contribution is 2.29. The van der Waals surface area contributed by atoms with Crippen LogP contribution >= 0.6 is 11.8 Å². The Labute approximate surface area is 181 Å². The first-order chi connectivity index (χ1) is 14.8. The Balaban J connectivity index is 1.50. The van der Waals surface area contributed by atoms with Crippen LogP contribution in [-0.4, -0.2) is 21.2 Å². The Morgan fingerprint density at radius 2 is 1.90 bits per heavy atom. The maximum atomic E-state index is 5.76. The Hall–Kier alpha value is -3.05. The van der Waals surface area contributed by atoms with Gasteiger partial charge in [0.2, 0.25) is 0 Å². The molecule has 4 rings (SSSR count). The zero-order valence-corrected chi connectivity index (χ0v) is 17.9. The zero-order chi connectivity index (χ0) is 20.8. The van der Waals surface area contributed by atoms with Crippen molar-refractivity contribution in [3.8, 4) is 17.0 Å². The highest BCUT2D eigenvalue weighted by molar-refractivity contribution is 7.98. The monoisotopic (exact) mass is 415 g/mol. The van der Waals surface area contributed by atoms with E-state index in [-0.39, 0.29) is 0 Å². The summed E-state index contributed by atoms with van der Waals surface area (Å²) in [5.41, 5.74) is 5.40. The van der Waals surface area contributed by atoms with Gasteiger partial charge in [-0.05, 0) is 47.9 Å². The highest BCUT2D eigenvalue weighted by Gasteiger charge is 2.10. The van der Waals surface area contributed by atoms with Gasteiger partial charge in [-0.1, -0.05) is 62.0 Å². The third kappa shape index (κ3) is 4.74. The van der Waals surface area contributed by atoms with Gasteiger partial charge in [0.25, 0.3) is 0 Å². The predicted molar refractivity (Wildman–Crippen MR) is 125 cm³/mol. The minimum Gasteiger partial charge on any atom is -0.494 e. The standard InChI is InChI=1S/C25H25N3OS/c1-3-5-16-29-22-12-10-21(11-13-22)23-17-24-25(26-14-15-28(24)27-23)30-18-20-8-6-19(4-2)7-9-20/h4,6-15,17H,2-3,5,16,18H2,1H3. The molecule has 4 nitrogen and oxygen atoms in total. The van der Waals surface area contributed by atoms with Crippen molar-refractivity contribution in [3.05, 3.63) is 84.7 Å². The molecule has 0 aliphatic rings. The second-order valence-corrected chi connectivity index (χ2v) is 8.02. The molecule has 2 aromatic heterocycles. The van der Waals surface area contributed by atoms with Gasteiger partial charge in [0, 0.05) is 23.7 Å². The molecule has 0 aliphatic heterocycles. The number of nitrogens with zero attached hydrogens (tertiary/aromatic N) is 3. The predicted octanol–water partition coefficient (Wildman–Crippen LogP) is 6.51. The number of unbranched alkanes of at least 4 members (excludes halogenated alkanes) is 1. The average molecular weight is 416 g/mol. The Morgan fingerprint density at radius 1 is 1.10 bits per heavy atom. The van der Waals surface area contributed by atoms with Crippen molar-refractivity contribution in [2.75, 3.05) is 6.61 Å². The highest BCUT2D eigenvalue weighted by atomic mass is 32.2. The van der Waals surface area contributed by atoms with Crippen LogP contribution in [0.3, 0.4) is 0 Å². The van der Waals surface area contributed by atoms with Crippen molar-refractivity contribution in [1.82, 2.24) is 14.6 Å². The summed E-state index contributed by atoms with van der Waals surface area (Å²) in [4.78, 5) is 4.58. The third-order valence-corrected chi connectivity index (χ3v) is 5.93. The molecule has 0 spiro atoms. The molecule has 2 heterocycles. The molecule has 0 fully saturated rings. The molecule has 4 aromatic rings. The van der Waals surface area contributed by atoms with Crippen molar-refractivity contribution in [2.45, 2.75) is 30.5 Å². The fourth-order valence-electron chi connectivity index (χ4n) is 3.11. The van der Waals surface area contributed by atoms with E-state index in [0.717, 1.165) is 58.3 Å². The van der Waals surface area contributed by atoms with Crippen molar-refractivity contribution >= 4 is 23.4 Å². The van der Waals surface area contributed by atoms with Gasteiger partial charge in [-0.2, -0.15) is 5.10 Å². The maximum absolute atomic E-state index is 5.76. The molecule has 152 valence electrons. The first-order valence-corrected chi connectivity index (χ1v) is 11.2. The first-order valence-electron chi connectivity index (χ1n) is 10.2. The van der Waals surface area contributed by atoms with Gasteiger partial charge in [0.1, 0.15) is 10.8 Å². The molecular weight excluding hydrogens is 390 g/mol. The van der Waals surface area contributed by atoms with E-state index >= 15 is 0 Å². The molecular formula is C25H25N3OS. The molecule has 0 amide bonds. The molecule has 2 aromatic carbocycles. The van der Waals surface area contributed by atoms with Gasteiger partial charge in [-0.15, -0.1) is 0 Å². The topological polar surface area (TPSA) is 39.4 Å². The summed E-state index contributed by atoms with van der Waals surface area (Å²) in [6, 6.07) is 18.7. The van der Waals surface area contributed by atoms with Gasteiger partial charge < -0.3 is 4.74 Å². The van der Waals surface area contributed by atoms with E-state index in [1.165, 1.54) is 5.56 Å². The minimum absolute atomic E-state index is 0.757. The molecule has 0 aliphatic carbocycles. The molecule has 0 unspecified atom stereocenters. The molecule has 0 bridgehead atoms. The van der Waals surface area contributed by atoms with Crippen LogP contribution < -0.4 is 4.74 Å². The van der Waals surface area contributed by atoms with Crippen LogP contribution in [0.1, 0.15) is 30.9 Å². The van der Waals surface area contributed by atoms with Crippen LogP contribution in [0.4, 0.5) is 0 Å². The van der Waals surface area contributed by atoms with Gasteiger partial charge in [0.15, 0.2) is 0 Å². The number of ether oxygens (including phenoxy) is 1. The van der Waals surface area contributed by atoms with Gasteiger partial charge in [-0.3, -0.25) is 0 Å². The lowest BCUT2D eigenvalue weighted by Crippen LogP contribution is -1.96. The fourth-order valence-corrected chi connectivity index (χ4v) is 4.04. The average Bonchev–Trinajstić information content (AvgIpc) is 3.24. The van der Waals surface area contributed by atoms with Gasteiger partial charge >= 0.3 is 0 Å². The normalized spacial score (nSPS) is 11.0. The lowest BCUT2D eigenvalue weighted by Gasteiger charge is -2.05. The minimum atomic E-state index is 0.757. The largest absolute Gasteiger partial charge is 0.494 e. The Bertz CT molecular complexity index is 1120. The molecule has 0 N–H and O–H groups in total. The summed E-state index contributed by atoms with van der Waals surface area (Å²) in [6.07, 6.45) is 7.76. The van der Waals surface area contributed by atoms with Crippen molar-refractivity contribution in [2.24, 2.45) is 0 Å². The van der Waals surface area contributed by atoms with Crippen molar-refractivity contribution in [3.63, 3.8) is 0 Å². The van der Waals surface area contributed by atoms with Crippen LogP contribution in [0.15, 0.2) is 78.6 Å². The molecule has 0 saturated carbocycles. The summed E-state index contributed by atoms with van der Waals surface area (Å²) in [6.45, 7) is 6.72. The SMILES string of the molecule is C=Cc1ccc(CSc2nccn3nc(-c4ccc(OCCCC)cc4)cc23)cc1.